The average molecular weight is 286 g/mol. The van der Waals surface area contributed by atoms with Crippen LogP contribution in [0.5, 0.6) is 0 Å². The number of ether oxygens (including phenoxy) is 1. The van der Waals surface area contributed by atoms with Crippen LogP contribution in [0.25, 0.3) is 5.57 Å². The lowest BCUT2D eigenvalue weighted by Crippen LogP contribution is -2.30. The van der Waals surface area contributed by atoms with E-state index in [1.54, 1.807) is 0 Å². The van der Waals surface area contributed by atoms with Crippen molar-refractivity contribution in [3.05, 3.63) is 40.5 Å². The summed E-state index contributed by atoms with van der Waals surface area (Å²) in [5.74, 6) is -0.726. The first-order valence-corrected chi connectivity index (χ1v) is 7.78. The first kappa shape index (κ1) is 14.3. The molecule has 1 heterocycles. The zero-order chi connectivity index (χ0) is 15.0. The van der Waals surface area contributed by atoms with E-state index in [0.29, 0.717) is 6.61 Å². The lowest BCUT2D eigenvalue weighted by Gasteiger charge is -2.30. The molecule has 1 aromatic carbocycles. The number of aliphatic carboxylic acids is 1. The molecule has 0 radical (unpaired) electrons. The van der Waals surface area contributed by atoms with E-state index in [9.17, 15) is 4.79 Å². The number of aryl methyl sites for hydroxylation is 1. The molecule has 2 unspecified atom stereocenters. The van der Waals surface area contributed by atoms with Crippen LogP contribution in [-0.2, 0) is 22.4 Å². The second kappa shape index (κ2) is 5.64. The highest BCUT2D eigenvalue weighted by molar-refractivity contribution is 5.79. The summed E-state index contributed by atoms with van der Waals surface area (Å²) < 4.78 is 5.94. The molecule has 2 aliphatic rings. The first-order valence-electron chi connectivity index (χ1n) is 7.78. The predicted molar refractivity (Wildman–Crippen MR) is 82.2 cm³/mol. The molecule has 0 bridgehead atoms. The highest BCUT2D eigenvalue weighted by Crippen LogP contribution is 2.43. The Morgan fingerprint density at radius 2 is 2.29 bits per heavy atom. The van der Waals surface area contributed by atoms with E-state index in [2.05, 4.69) is 25.1 Å². The van der Waals surface area contributed by atoms with E-state index in [-0.39, 0.29) is 18.4 Å². The Kier molecular flexibility index (Phi) is 3.85. The molecular formula is C18H22O3. The van der Waals surface area contributed by atoms with Crippen molar-refractivity contribution in [1.29, 1.82) is 0 Å². The third-order valence-corrected chi connectivity index (χ3v) is 4.74. The Bertz CT molecular complexity index is 600. The van der Waals surface area contributed by atoms with Crippen molar-refractivity contribution in [1.82, 2.24) is 0 Å². The zero-order valence-corrected chi connectivity index (χ0v) is 12.7. The van der Waals surface area contributed by atoms with Gasteiger partial charge in [-0.2, -0.15) is 0 Å². The van der Waals surface area contributed by atoms with Gasteiger partial charge in [-0.15, -0.1) is 0 Å². The third-order valence-electron chi connectivity index (χ3n) is 4.74. The summed E-state index contributed by atoms with van der Waals surface area (Å²) in [5, 5.41) is 9.04. The van der Waals surface area contributed by atoms with Crippen molar-refractivity contribution < 1.29 is 14.6 Å². The zero-order valence-electron chi connectivity index (χ0n) is 12.7. The summed E-state index contributed by atoms with van der Waals surface area (Å²) in [7, 11) is 0. The van der Waals surface area contributed by atoms with Crippen molar-refractivity contribution in [3.63, 3.8) is 0 Å². The molecule has 1 aromatic rings. The van der Waals surface area contributed by atoms with E-state index >= 15 is 0 Å². The number of carbonyl (C=O) groups is 1. The summed E-state index contributed by atoms with van der Waals surface area (Å²) in [6.45, 7) is 4.87. The minimum absolute atomic E-state index is 0.0205. The normalized spacial score (nSPS) is 21.9. The van der Waals surface area contributed by atoms with E-state index in [1.807, 2.05) is 6.92 Å². The molecule has 0 aromatic heterocycles. The molecule has 21 heavy (non-hydrogen) atoms. The minimum atomic E-state index is -0.747. The summed E-state index contributed by atoms with van der Waals surface area (Å²) in [6, 6.07) is 6.55. The summed E-state index contributed by atoms with van der Waals surface area (Å²) >= 11 is 0. The Balaban J connectivity index is 1.94. The summed E-state index contributed by atoms with van der Waals surface area (Å²) in [4.78, 5) is 11.0. The molecule has 0 amide bonds. The molecule has 1 N–H and O–H groups in total. The Hall–Kier alpha value is -1.61. The van der Waals surface area contributed by atoms with Gasteiger partial charge in [-0.05, 0) is 53.0 Å². The number of hydrogen-bond acceptors (Lipinski definition) is 2. The van der Waals surface area contributed by atoms with Gasteiger partial charge in [-0.25, -0.2) is 0 Å². The molecule has 0 saturated carbocycles. The quantitative estimate of drug-likeness (QED) is 0.922. The van der Waals surface area contributed by atoms with Crippen molar-refractivity contribution in [2.24, 2.45) is 5.92 Å². The third kappa shape index (κ3) is 2.51. The lowest BCUT2D eigenvalue weighted by atomic mass is 9.89. The molecule has 0 fully saturated rings. The molecule has 0 saturated heterocycles. The second-order valence-electron chi connectivity index (χ2n) is 6.09. The topological polar surface area (TPSA) is 46.5 Å². The number of hydrogen-bond donors (Lipinski definition) is 1. The number of fused-ring (bicyclic) bond motifs is 2. The van der Waals surface area contributed by atoms with Crippen LogP contribution >= 0.6 is 0 Å². The Morgan fingerprint density at radius 1 is 1.48 bits per heavy atom. The SMILES string of the molecule is CCc1cccc2c1CC1=C2CCOC1C(C)CC(=O)O. The van der Waals surface area contributed by atoms with Crippen molar-refractivity contribution in [2.45, 2.75) is 45.6 Å². The minimum Gasteiger partial charge on any atom is -0.481 e. The summed E-state index contributed by atoms with van der Waals surface area (Å²) in [5.41, 5.74) is 6.95. The largest absolute Gasteiger partial charge is 0.481 e. The van der Waals surface area contributed by atoms with Gasteiger partial charge in [0.15, 0.2) is 0 Å². The van der Waals surface area contributed by atoms with Gasteiger partial charge in [-0.3, -0.25) is 4.79 Å². The van der Waals surface area contributed by atoms with Gasteiger partial charge in [0, 0.05) is 0 Å². The highest BCUT2D eigenvalue weighted by Gasteiger charge is 2.35. The first-order chi connectivity index (χ1) is 10.1. The van der Waals surface area contributed by atoms with Gasteiger partial charge in [0.2, 0.25) is 0 Å². The van der Waals surface area contributed by atoms with Gasteiger partial charge < -0.3 is 9.84 Å². The molecule has 112 valence electrons. The molecular weight excluding hydrogens is 264 g/mol. The Morgan fingerprint density at radius 3 is 3.00 bits per heavy atom. The number of carboxylic acid groups (broad SMARTS) is 1. The van der Waals surface area contributed by atoms with Crippen LogP contribution in [0.2, 0.25) is 0 Å². The van der Waals surface area contributed by atoms with Gasteiger partial charge in [0.1, 0.15) is 0 Å². The fourth-order valence-corrected chi connectivity index (χ4v) is 3.77. The number of rotatable bonds is 4. The van der Waals surface area contributed by atoms with Crippen molar-refractivity contribution in [2.75, 3.05) is 6.61 Å². The van der Waals surface area contributed by atoms with Crippen molar-refractivity contribution in [3.8, 4) is 0 Å². The second-order valence-corrected chi connectivity index (χ2v) is 6.09. The Labute approximate surface area is 125 Å². The predicted octanol–water partition coefficient (Wildman–Crippen LogP) is 3.46. The van der Waals surface area contributed by atoms with Gasteiger partial charge in [0.25, 0.3) is 0 Å². The van der Waals surface area contributed by atoms with Crippen LogP contribution in [0.15, 0.2) is 23.8 Å². The van der Waals surface area contributed by atoms with Crippen molar-refractivity contribution >= 4 is 11.5 Å². The van der Waals surface area contributed by atoms with E-state index in [1.165, 1.54) is 27.8 Å². The maximum atomic E-state index is 11.0. The van der Waals surface area contributed by atoms with E-state index in [4.69, 9.17) is 9.84 Å². The van der Waals surface area contributed by atoms with Crippen LogP contribution < -0.4 is 0 Å². The lowest BCUT2D eigenvalue weighted by molar-refractivity contribution is -0.139. The fraction of sp³-hybridized carbons (Fsp3) is 0.500. The monoisotopic (exact) mass is 286 g/mol. The number of carboxylic acids is 1. The van der Waals surface area contributed by atoms with Crippen LogP contribution in [0.1, 0.15) is 43.4 Å². The maximum absolute atomic E-state index is 11.0. The fourth-order valence-electron chi connectivity index (χ4n) is 3.77. The molecule has 2 atom stereocenters. The summed E-state index contributed by atoms with van der Waals surface area (Å²) in [6.07, 6.45) is 3.05. The van der Waals surface area contributed by atoms with Crippen LogP contribution in [0, 0.1) is 5.92 Å². The standard InChI is InChI=1S/C18H22O3/c1-3-12-5-4-6-13-14-7-8-21-18(11(2)9-17(19)20)16(14)10-15(12)13/h4-6,11,18H,3,7-10H2,1-2H3,(H,19,20). The van der Waals surface area contributed by atoms with Crippen LogP contribution in [-0.4, -0.2) is 23.8 Å². The molecule has 3 nitrogen and oxygen atoms in total. The number of benzene rings is 1. The van der Waals surface area contributed by atoms with Gasteiger partial charge in [-0.1, -0.05) is 32.0 Å². The van der Waals surface area contributed by atoms with Crippen LogP contribution in [0.4, 0.5) is 0 Å². The highest BCUT2D eigenvalue weighted by atomic mass is 16.5. The maximum Gasteiger partial charge on any atom is 0.303 e. The van der Waals surface area contributed by atoms with E-state index < -0.39 is 5.97 Å². The van der Waals surface area contributed by atoms with E-state index in [0.717, 1.165) is 19.3 Å². The molecule has 0 spiro atoms. The average Bonchev–Trinajstić information content (AvgIpc) is 2.84. The molecule has 3 rings (SSSR count). The molecule has 3 heteroatoms. The van der Waals surface area contributed by atoms with Gasteiger partial charge >= 0.3 is 5.97 Å². The van der Waals surface area contributed by atoms with Gasteiger partial charge in [0.05, 0.1) is 19.1 Å². The van der Waals surface area contributed by atoms with Crippen LogP contribution in [0.3, 0.4) is 0 Å². The molecule has 1 aliphatic heterocycles. The molecule has 1 aliphatic carbocycles. The smallest absolute Gasteiger partial charge is 0.303 e.